The van der Waals surface area contributed by atoms with Gasteiger partial charge in [0.2, 0.25) is 0 Å². The number of ether oxygens (including phenoxy) is 2. The molecule has 0 saturated carbocycles. The van der Waals surface area contributed by atoms with Gasteiger partial charge < -0.3 is 14.6 Å². The first-order valence-corrected chi connectivity index (χ1v) is 6.74. The molecule has 0 fully saturated rings. The van der Waals surface area contributed by atoms with E-state index in [0.717, 1.165) is 29.7 Å². The van der Waals surface area contributed by atoms with Crippen molar-refractivity contribution >= 4 is 11.6 Å². The molecule has 0 atom stereocenters. The summed E-state index contributed by atoms with van der Waals surface area (Å²) >= 11 is 6.24. The Hall–Kier alpha value is -0.930. The first-order valence-electron chi connectivity index (χ1n) is 6.37. The third-order valence-electron chi connectivity index (χ3n) is 3.07. The summed E-state index contributed by atoms with van der Waals surface area (Å²) in [6.07, 6.45) is 1.54. The summed E-state index contributed by atoms with van der Waals surface area (Å²) in [5.41, 5.74) is 2.30. The van der Waals surface area contributed by atoms with Crippen molar-refractivity contribution < 1.29 is 14.6 Å². The first-order chi connectivity index (χ1) is 8.65. The minimum atomic E-state index is 0.184. The van der Waals surface area contributed by atoms with Crippen LogP contribution in [0, 0.1) is 0 Å². The van der Waals surface area contributed by atoms with Gasteiger partial charge in [-0.3, -0.25) is 0 Å². The summed E-state index contributed by atoms with van der Waals surface area (Å²) < 4.78 is 11.3. The summed E-state index contributed by atoms with van der Waals surface area (Å²) in [6.45, 7) is 5.55. The van der Waals surface area contributed by atoms with E-state index in [2.05, 4.69) is 13.8 Å². The van der Waals surface area contributed by atoms with E-state index in [0.29, 0.717) is 29.9 Å². The number of aliphatic hydroxyl groups is 1. The van der Waals surface area contributed by atoms with Gasteiger partial charge in [-0.1, -0.05) is 25.4 Å². The molecular formula is C14H19ClO3. The van der Waals surface area contributed by atoms with Gasteiger partial charge in [-0.15, -0.1) is 0 Å². The maximum atomic E-state index is 8.98. The predicted octanol–water partition coefficient (Wildman–Crippen LogP) is 3.16. The van der Waals surface area contributed by atoms with E-state index in [1.165, 1.54) is 0 Å². The fourth-order valence-corrected chi connectivity index (χ4v) is 2.62. The number of hydrogen-bond donors (Lipinski definition) is 1. The van der Waals surface area contributed by atoms with Crippen molar-refractivity contribution in [2.24, 2.45) is 0 Å². The van der Waals surface area contributed by atoms with Gasteiger partial charge in [0.15, 0.2) is 11.5 Å². The number of hydrogen-bond acceptors (Lipinski definition) is 3. The first kappa shape index (κ1) is 13.5. The second kappa shape index (κ2) is 5.81. The molecule has 1 aliphatic heterocycles. The zero-order valence-electron chi connectivity index (χ0n) is 10.8. The van der Waals surface area contributed by atoms with Gasteiger partial charge in [-0.05, 0) is 30.4 Å². The van der Waals surface area contributed by atoms with Gasteiger partial charge in [0.05, 0.1) is 5.02 Å². The maximum Gasteiger partial charge on any atom is 0.180 e. The quantitative estimate of drug-likeness (QED) is 0.913. The van der Waals surface area contributed by atoms with Crippen molar-refractivity contribution in [3.05, 3.63) is 22.2 Å². The Balaban J connectivity index is 2.49. The van der Waals surface area contributed by atoms with Gasteiger partial charge in [-0.2, -0.15) is 0 Å². The molecule has 1 aliphatic rings. The molecule has 0 unspecified atom stereocenters. The van der Waals surface area contributed by atoms with Crippen LogP contribution in [0.25, 0.3) is 0 Å². The SMILES string of the molecule is CC(C)c1c(CCCO)cc(Cl)c2c1OCCO2. The Morgan fingerprint density at radius 1 is 1.28 bits per heavy atom. The Morgan fingerprint density at radius 2 is 1.94 bits per heavy atom. The summed E-state index contributed by atoms with van der Waals surface area (Å²) in [5, 5.41) is 9.57. The zero-order chi connectivity index (χ0) is 13.1. The number of benzene rings is 1. The highest BCUT2D eigenvalue weighted by molar-refractivity contribution is 6.32. The van der Waals surface area contributed by atoms with Crippen molar-refractivity contribution in [1.82, 2.24) is 0 Å². The molecule has 100 valence electrons. The van der Waals surface area contributed by atoms with Crippen LogP contribution >= 0.6 is 11.6 Å². The predicted molar refractivity (Wildman–Crippen MR) is 71.9 cm³/mol. The van der Waals surface area contributed by atoms with Crippen LogP contribution in [0.2, 0.25) is 5.02 Å². The molecule has 3 nitrogen and oxygen atoms in total. The molecule has 1 aromatic rings. The third-order valence-corrected chi connectivity index (χ3v) is 3.35. The van der Waals surface area contributed by atoms with Gasteiger partial charge in [0, 0.05) is 12.2 Å². The smallest absolute Gasteiger partial charge is 0.180 e. The van der Waals surface area contributed by atoms with Gasteiger partial charge in [0.25, 0.3) is 0 Å². The fourth-order valence-electron chi connectivity index (χ4n) is 2.35. The summed E-state index contributed by atoms with van der Waals surface area (Å²) in [5.74, 6) is 1.79. The topological polar surface area (TPSA) is 38.7 Å². The van der Waals surface area contributed by atoms with Crippen molar-refractivity contribution in [2.45, 2.75) is 32.6 Å². The lowest BCUT2D eigenvalue weighted by Crippen LogP contribution is -2.18. The number of aliphatic hydroxyl groups excluding tert-OH is 1. The highest BCUT2D eigenvalue weighted by Gasteiger charge is 2.24. The highest BCUT2D eigenvalue weighted by atomic mass is 35.5. The third kappa shape index (κ3) is 2.57. The second-order valence-corrected chi connectivity index (χ2v) is 5.18. The van der Waals surface area contributed by atoms with Crippen LogP contribution in [0.3, 0.4) is 0 Å². The Kier molecular flexibility index (Phi) is 4.36. The highest BCUT2D eigenvalue weighted by Crippen LogP contribution is 2.45. The molecule has 1 N–H and O–H groups in total. The summed E-state index contributed by atoms with van der Waals surface area (Å²) in [6, 6.07) is 1.94. The normalized spacial score (nSPS) is 14.1. The molecule has 0 spiro atoms. The van der Waals surface area contributed by atoms with E-state index in [-0.39, 0.29) is 6.61 Å². The van der Waals surface area contributed by atoms with Crippen molar-refractivity contribution in [3.63, 3.8) is 0 Å². The molecule has 0 amide bonds. The maximum absolute atomic E-state index is 8.98. The minimum Gasteiger partial charge on any atom is -0.486 e. The molecule has 0 radical (unpaired) electrons. The van der Waals surface area contributed by atoms with E-state index < -0.39 is 0 Å². The molecule has 2 rings (SSSR count). The average Bonchev–Trinajstić information content (AvgIpc) is 2.36. The van der Waals surface area contributed by atoms with Gasteiger partial charge >= 0.3 is 0 Å². The molecule has 0 aliphatic carbocycles. The molecule has 1 heterocycles. The van der Waals surface area contributed by atoms with Gasteiger partial charge in [-0.25, -0.2) is 0 Å². The summed E-state index contributed by atoms with van der Waals surface area (Å²) in [4.78, 5) is 0. The molecule has 4 heteroatoms. The largest absolute Gasteiger partial charge is 0.486 e. The van der Waals surface area contributed by atoms with Crippen LogP contribution in [-0.4, -0.2) is 24.9 Å². The molecule has 0 saturated heterocycles. The van der Waals surface area contributed by atoms with Crippen LogP contribution in [0.4, 0.5) is 0 Å². The summed E-state index contributed by atoms with van der Waals surface area (Å²) in [7, 11) is 0. The van der Waals surface area contributed by atoms with Crippen molar-refractivity contribution in [2.75, 3.05) is 19.8 Å². The zero-order valence-corrected chi connectivity index (χ0v) is 11.6. The molecule has 0 bridgehead atoms. The molecule has 18 heavy (non-hydrogen) atoms. The second-order valence-electron chi connectivity index (χ2n) is 4.77. The van der Waals surface area contributed by atoms with Crippen molar-refractivity contribution in [1.29, 1.82) is 0 Å². The van der Waals surface area contributed by atoms with Crippen LogP contribution in [0.1, 0.15) is 37.3 Å². The molecular weight excluding hydrogens is 252 g/mol. The van der Waals surface area contributed by atoms with E-state index in [9.17, 15) is 0 Å². The van der Waals surface area contributed by atoms with E-state index in [1.54, 1.807) is 0 Å². The lowest BCUT2D eigenvalue weighted by atomic mass is 9.92. The number of rotatable bonds is 4. The van der Waals surface area contributed by atoms with Gasteiger partial charge in [0.1, 0.15) is 13.2 Å². The standard InChI is InChI=1S/C14H19ClO3/c1-9(2)12-10(4-3-5-16)8-11(15)13-14(12)18-7-6-17-13/h8-9,16H,3-7H2,1-2H3. The Morgan fingerprint density at radius 3 is 2.56 bits per heavy atom. The molecule has 1 aromatic carbocycles. The van der Waals surface area contributed by atoms with Crippen LogP contribution in [0.5, 0.6) is 11.5 Å². The molecule has 0 aromatic heterocycles. The van der Waals surface area contributed by atoms with E-state index >= 15 is 0 Å². The van der Waals surface area contributed by atoms with Crippen LogP contribution in [0.15, 0.2) is 6.07 Å². The Labute approximate surface area is 113 Å². The average molecular weight is 271 g/mol. The fraction of sp³-hybridized carbons (Fsp3) is 0.571. The number of halogens is 1. The van der Waals surface area contributed by atoms with Crippen molar-refractivity contribution in [3.8, 4) is 11.5 Å². The van der Waals surface area contributed by atoms with Crippen LogP contribution < -0.4 is 9.47 Å². The lowest BCUT2D eigenvalue weighted by Gasteiger charge is -2.26. The van der Waals surface area contributed by atoms with E-state index in [4.69, 9.17) is 26.2 Å². The van der Waals surface area contributed by atoms with E-state index in [1.807, 2.05) is 6.07 Å². The monoisotopic (exact) mass is 270 g/mol. The Bertz CT molecular complexity index is 430. The number of aryl methyl sites for hydroxylation is 1. The number of fused-ring (bicyclic) bond motifs is 1. The van der Waals surface area contributed by atoms with Crippen LogP contribution in [-0.2, 0) is 6.42 Å². The lowest BCUT2D eigenvalue weighted by molar-refractivity contribution is 0.169. The minimum absolute atomic E-state index is 0.184.